The molecule has 0 saturated carbocycles. The molecule has 0 fully saturated rings. The van der Waals surface area contributed by atoms with E-state index in [0.29, 0.717) is 13.1 Å². The van der Waals surface area contributed by atoms with Crippen LogP contribution < -0.4 is 0 Å². The van der Waals surface area contributed by atoms with Crippen LogP contribution in [-0.4, -0.2) is 23.3 Å². The maximum absolute atomic E-state index is 9.18. The van der Waals surface area contributed by atoms with Crippen LogP contribution in [0.25, 0.3) is 12.2 Å². The zero-order valence-corrected chi connectivity index (χ0v) is 10.8. The fourth-order valence-corrected chi connectivity index (χ4v) is 1.50. The molecule has 0 aliphatic rings. The summed E-state index contributed by atoms with van der Waals surface area (Å²) in [5.74, 6) is 0. The van der Waals surface area contributed by atoms with Crippen molar-refractivity contribution in [3.63, 3.8) is 0 Å². The number of rotatable bonds is 4. The highest BCUT2D eigenvalue weighted by molar-refractivity contribution is 7.10. The average Bonchev–Trinajstić information content (AvgIpc) is 2.92. The molecule has 0 saturated heterocycles. The number of aromatic nitrogens is 2. The van der Waals surface area contributed by atoms with Gasteiger partial charge in [-0.2, -0.15) is 0 Å². The summed E-state index contributed by atoms with van der Waals surface area (Å²) < 4.78 is 4.15. The second kappa shape index (κ2) is 9.07. The molecule has 1 aromatic carbocycles. The van der Waals surface area contributed by atoms with Crippen molar-refractivity contribution in [1.29, 1.82) is 0 Å². The van der Waals surface area contributed by atoms with E-state index in [1.165, 1.54) is 16.9 Å². The van der Waals surface area contributed by atoms with E-state index in [1.54, 1.807) is 12.4 Å². The molecule has 4 nitrogen and oxygen atoms in total. The van der Waals surface area contributed by atoms with Gasteiger partial charge in [0.1, 0.15) is 10.5 Å². The molecule has 2 aromatic rings. The third kappa shape index (κ3) is 5.91. The van der Waals surface area contributed by atoms with Crippen LogP contribution in [0.5, 0.6) is 0 Å². The second-order valence-electron chi connectivity index (χ2n) is 3.07. The highest BCUT2D eigenvalue weighted by atomic mass is 32.1. The number of hydrogen-bond acceptors (Lipinski definition) is 5. The molecule has 1 aromatic heterocycles. The van der Waals surface area contributed by atoms with Crippen molar-refractivity contribution in [3.05, 3.63) is 46.4 Å². The van der Waals surface area contributed by atoms with Gasteiger partial charge in [0.15, 0.2) is 0 Å². The Hall–Kier alpha value is -2.01. The molecule has 0 bridgehead atoms. The number of hydrogen-bond donors (Lipinski definition) is 0. The van der Waals surface area contributed by atoms with E-state index in [1.807, 2.05) is 30.4 Å². The van der Waals surface area contributed by atoms with Gasteiger partial charge in [-0.05, 0) is 18.6 Å². The minimum absolute atomic E-state index is 0.431. The smallest absolute Gasteiger partial charge is 0.293 e. The quantitative estimate of drug-likeness (QED) is 0.795. The lowest BCUT2D eigenvalue weighted by atomic mass is 10.2. The van der Waals surface area contributed by atoms with Crippen molar-refractivity contribution in [2.45, 2.75) is 6.92 Å². The van der Waals surface area contributed by atoms with Crippen LogP contribution in [0, 0.1) is 0 Å². The minimum Gasteiger partial charge on any atom is -0.468 e. The standard InChI is InChI=1S/C10H8N2S.C3H6O2/c1-2-4-9(5-3-1)6-7-10-12-11-8-13-10;1-2-5-3-4/h1-8H;3H,2H2,1H3. The van der Waals surface area contributed by atoms with Gasteiger partial charge in [0, 0.05) is 0 Å². The molecule has 0 spiro atoms. The molecular weight excluding hydrogens is 248 g/mol. The molecule has 2 rings (SSSR count). The molecular formula is C13H14N2O2S. The third-order valence-corrected chi connectivity index (χ3v) is 2.49. The van der Waals surface area contributed by atoms with Crippen molar-refractivity contribution in [1.82, 2.24) is 10.2 Å². The highest BCUT2D eigenvalue weighted by Crippen LogP contribution is 2.08. The monoisotopic (exact) mass is 262 g/mol. The molecule has 0 aliphatic heterocycles. The normalized spacial score (nSPS) is 9.61. The summed E-state index contributed by atoms with van der Waals surface area (Å²) in [4.78, 5) is 9.18. The largest absolute Gasteiger partial charge is 0.468 e. The Morgan fingerprint density at radius 3 is 2.56 bits per heavy atom. The number of benzene rings is 1. The van der Waals surface area contributed by atoms with Gasteiger partial charge in [0.2, 0.25) is 0 Å². The summed E-state index contributed by atoms with van der Waals surface area (Å²) in [5.41, 5.74) is 2.91. The topological polar surface area (TPSA) is 52.1 Å². The van der Waals surface area contributed by atoms with E-state index in [-0.39, 0.29) is 0 Å². The number of carbonyl (C=O) groups excluding carboxylic acids is 1. The maximum atomic E-state index is 9.18. The number of carbonyl (C=O) groups is 1. The van der Waals surface area contributed by atoms with Gasteiger partial charge < -0.3 is 4.74 Å². The van der Waals surface area contributed by atoms with Crippen molar-refractivity contribution in [3.8, 4) is 0 Å². The lowest BCUT2D eigenvalue weighted by Crippen LogP contribution is -1.80. The lowest BCUT2D eigenvalue weighted by molar-refractivity contribution is -0.128. The van der Waals surface area contributed by atoms with E-state index >= 15 is 0 Å². The van der Waals surface area contributed by atoms with Crippen LogP contribution in [-0.2, 0) is 9.53 Å². The Morgan fingerprint density at radius 2 is 2.06 bits per heavy atom. The van der Waals surface area contributed by atoms with E-state index in [4.69, 9.17) is 0 Å². The van der Waals surface area contributed by atoms with Gasteiger partial charge in [0.05, 0.1) is 6.61 Å². The molecule has 94 valence electrons. The lowest BCUT2D eigenvalue weighted by Gasteiger charge is -1.88. The molecule has 0 unspecified atom stereocenters. The van der Waals surface area contributed by atoms with Gasteiger partial charge >= 0.3 is 0 Å². The van der Waals surface area contributed by atoms with Gasteiger partial charge in [-0.1, -0.05) is 36.4 Å². The zero-order valence-electron chi connectivity index (χ0n) is 10.0. The molecule has 0 amide bonds. The first-order valence-corrected chi connectivity index (χ1v) is 6.29. The zero-order chi connectivity index (χ0) is 13.1. The first kappa shape index (κ1) is 14.1. The van der Waals surface area contributed by atoms with Crippen LogP contribution in [0.3, 0.4) is 0 Å². The average molecular weight is 262 g/mol. The van der Waals surface area contributed by atoms with Crippen molar-refractivity contribution < 1.29 is 9.53 Å². The van der Waals surface area contributed by atoms with Crippen LogP contribution in [0.15, 0.2) is 35.8 Å². The molecule has 0 N–H and O–H groups in total. The number of ether oxygens (including phenoxy) is 1. The third-order valence-electron chi connectivity index (χ3n) is 1.83. The predicted octanol–water partition coefficient (Wildman–Crippen LogP) is 2.89. The van der Waals surface area contributed by atoms with Crippen LogP contribution in [0.2, 0.25) is 0 Å². The fourth-order valence-electron chi connectivity index (χ4n) is 1.05. The van der Waals surface area contributed by atoms with Gasteiger partial charge in [-0.15, -0.1) is 21.5 Å². The fraction of sp³-hybridized carbons (Fsp3) is 0.154. The number of nitrogens with zero attached hydrogens (tertiary/aromatic N) is 2. The van der Waals surface area contributed by atoms with Crippen molar-refractivity contribution >= 4 is 30.0 Å². The first-order chi connectivity index (χ1) is 8.86. The Kier molecular flexibility index (Phi) is 7.08. The molecule has 0 radical (unpaired) electrons. The Labute approximate surface area is 110 Å². The SMILES string of the molecule is C(=Cc1nncs1)c1ccccc1.CCOC=O. The van der Waals surface area contributed by atoms with Gasteiger partial charge in [-0.25, -0.2) is 0 Å². The summed E-state index contributed by atoms with van der Waals surface area (Å²) >= 11 is 1.53. The summed E-state index contributed by atoms with van der Waals surface area (Å²) in [5, 5.41) is 8.60. The molecule has 18 heavy (non-hydrogen) atoms. The van der Waals surface area contributed by atoms with Crippen molar-refractivity contribution in [2.75, 3.05) is 6.61 Å². The van der Waals surface area contributed by atoms with Crippen LogP contribution >= 0.6 is 11.3 Å². The molecule has 5 heteroatoms. The van der Waals surface area contributed by atoms with Gasteiger partial charge in [-0.3, -0.25) is 4.79 Å². The minimum atomic E-state index is 0.431. The molecule has 0 aliphatic carbocycles. The van der Waals surface area contributed by atoms with Crippen molar-refractivity contribution in [2.24, 2.45) is 0 Å². The summed E-state index contributed by atoms with van der Waals surface area (Å²) in [6.45, 7) is 2.66. The van der Waals surface area contributed by atoms with E-state index < -0.39 is 0 Å². The molecule has 0 atom stereocenters. The highest BCUT2D eigenvalue weighted by Gasteiger charge is 1.88. The van der Waals surface area contributed by atoms with E-state index in [0.717, 1.165) is 5.01 Å². The maximum Gasteiger partial charge on any atom is 0.293 e. The van der Waals surface area contributed by atoms with Crippen LogP contribution in [0.1, 0.15) is 17.5 Å². The molecule has 1 heterocycles. The Balaban J connectivity index is 0.000000280. The van der Waals surface area contributed by atoms with Crippen LogP contribution in [0.4, 0.5) is 0 Å². The summed E-state index contributed by atoms with van der Waals surface area (Å²) in [7, 11) is 0. The van der Waals surface area contributed by atoms with E-state index in [2.05, 4.69) is 27.1 Å². The summed E-state index contributed by atoms with van der Waals surface area (Å²) in [6, 6.07) is 10.1. The van der Waals surface area contributed by atoms with E-state index in [9.17, 15) is 4.79 Å². The second-order valence-corrected chi connectivity index (χ2v) is 3.94. The van der Waals surface area contributed by atoms with Gasteiger partial charge in [0.25, 0.3) is 6.47 Å². The first-order valence-electron chi connectivity index (χ1n) is 5.41. The Morgan fingerprint density at radius 1 is 1.28 bits per heavy atom. The Bertz CT molecular complexity index is 455. The predicted molar refractivity (Wildman–Crippen MR) is 73.0 cm³/mol. The summed E-state index contributed by atoms with van der Waals surface area (Å²) in [6.07, 6.45) is 3.99.